The molecule has 3 aromatic rings. The van der Waals surface area contributed by atoms with Crippen LogP contribution in [0.5, 0.6) is 0 Å². The molecule has 2 atom stereocenters. The Morgan fingerprint density at radius 2 is 1.89 bits per heavy atom. The fourth-order valence-corrected chi connectivity index (χ4v) is 6.32. The van der Waals surface area contributed by atoms with Crippen LogP contribution in [0.15, 0.2) is 54.9 Å². The van der Waals surface area contributed by atoms with E-state index in [1.54, 1.807) is 6.20 Å². The van der Waals surface area contributed by atoms with E-state index in [0.717, 1.165) is 45.3 Å². The minimum Gasteiger partial charge on any atom is -0.376 e. The zero-order valence-electron chi connectivity index (χ0n) is 20.7. The minimum atomic E-state index is -1.12. The van der Waals surface area contributed by atoms with Gasteiger partial charge in [0.05, 0.1) is 18.3 Å². The van der Waals surface area contributed by atoms with Crippen molar-refractivity contribution < 1.29 is 14.3 Å². The molecule has 8 nitrogen and oxygen atoms in total. The Bertz CT molecular complexity index is 1260. The fourth-order valence-electron chi connectivity index (χ4n) is 6.32. The van der Waals surface area contributed by atoms with Crippen molar-refractivity contribution in [1.82, 2.24) is 24.7 Å². The molecule has 1 aromatic carbocycles. The standard InChI is InChI=1S/C28H33N5O3/c1-31-17-20(23-8-2-3-9-24(23)31)18-32-14-11-21(12-15-32)28(25-10-4-5-13-29-25)26(34)33(27(35)30-28)19-22-7-6-16-36-22/h2-5,8-10,13,17,21-22H,6-7,11-12,14-16,18-19H2,1H3,(H,30,35). The molecule has 0 aliphatic carbocycles. The highest BCUT2D eigenvalue weighted by molar-refractivity contribution is 6.07. The molecule has 6 rings (SSSR count). The van der Waals surface area contributed by atoms with Crippen molar-refractivity contribution in [2.24, 2.45) is 13.0 Å². The summed E-state index contributed by atoms with van der Waals surface area (Å²) in [4.78, 5) is 35.5. The zero-order chi connectivity index (χ0) is 24.7. The van der Waals surface area contributed by atoms with Crippen LogP contribution in [0.2, 0.25) is 0 Å². The molecule has 2 unspecified atom stereocenters. The van der Waals surface area contributed by atoms with Crippen molar-refractivity contribution in [3.63, 3.8) is 0 Å². The highest BCUT2D eigenvalue weighted by Crippen LogP contribution is 2.41. The molecular weight excluding hydrogens is 454 g/mol. The highest BCUT2D eigenvalue weighted by atomic mass is 16.5. The second-order valence-electron chi connectivity index (χ2n) is 10.3. The fraction of sp³-hybridized carbons (Fsp3) is 0.464. The molecule has 0 saturated carbocycles. The molecule has 3 aliphatic heterocycles. The van der Waals surface area contributed by atoms with E-state index in [4.69, 9.17) is 4.74 Å². The first-order valence-electron chi connectivity index (χ1n) is 13.0. The van der Waals surface area contributed by atoms with Gasteiger partial charge in [0.1, 0.15) is 0 Å². The number of likely N-dealkylation sites (tertiary alicyclic amines) is 1. The zero-order valence-corrected chi connectivity index (χ0v) is 20.7. The first-order valence-corrected chi connectivity index (χ1v) is 13.0. The van der Waals surface area contributed by atoms with Gasteiger partial charge in [0.25, 0.3) is 5.91 Å². The van der Waals surface area contributed by atoms with Crippen LogP contribution in [0.25, 0.3) is 10.9 Å². The molecule has 3 fully saturated rings. The smallest absolute Gasteiger partial charge is 0.325 e. The average Bonchev–Trinajstić information content (AvgIpc) is 3.60. The molecule has 3 aliphatic rings. The normalized spacial score (nSPS) is 25.7. The summed E-state index contributed by atoms with van der Waals surface area (Å²) in [5, 5.41) is 4.40. The summed E-state index contributed by atoms with van der Waals surface area (Å²) >= 11 is 0. The van der Waals surface area contributed by atoms with E-state index in [9.17, 15) is 9.59 Å². The van der Waals surface area contributed by atoms with Crippen LogP contribution in [-0.4, -0.2) is 63.6 Å². The maximum absolute atomic E-state index is 14.0. The molecule has 5 heterocycles. The first kappa shape index (κ1) is 23.2. The summed E-state index contributed by atoms with van der Waals surface area (Å²) in [6.45, 7) is 3.58. The van der Waals surface area contributed by atoms with Gasteiger partial charge < -0.3 is 14.6 Å². The third-order valence-electron chi connectivity index (χ3n) is 8.18. The van der Waals surface area contributed by atoms with Gasteiger partial charge in [-0.25, -0.2) is 4.79 Å². The number of aryl methyl sites for hydroxylation is 1. The SMILES string of the molecule is Cn1cc(CN2CCC(C3(c4ccccn4)NC(=O)N(CC4CCCO4)C3=O)CC2)c2ccccc21. The number of nitrogens with one attached hydrogen (secondary N) is 1. The van der Waals surface area contributed by atoms with Crippen molar-refractivity contribution in [2.75, 3.05) is 26.2 Å². The van der Waals surface area contributed by atoms with Gasteiger partial charge >= 0.3 is 6.03 Å². The van der Waals surface area contributed by atoms with E-state index in [0.29, 0.717) is 18.8 Å². The molecule has 1 N–H and O–H groups in total. The number of ether oxygens (including phenoxy) is 1. The number of fused-ring (bicyclic) bond motifs is 1. The number of hydrogen-bond donors (Lipinski definition) is 1. The minimum absolute atomic E-state index is 0.0258. The summed E-state index contributed by atoms with van der Waals surface area (Å²) in [7, 11) is 2.09. The number of pyridine rings is 1. The van der Waals surface area contributed by atoms with Crippen molar-refractivity contribution >= 4 is 22.8 Å². The lowest BCUT2D eigenvalue weighted by Gasteiger charge is -2.40. The van der Waals surface area contributed by atoms with Gasteiger partial charge in [0, 0.05) is 43.5 Å². The molecule has 0 radical (unpaired) electrons. The Hall–Kier alpha value is -3.23. The summed E-state index contributed by atoms with van der Waals surface area (Å²) in [5.41, 5.74) is 2.06. The van der Waals surface area contributed by atoms with E-state index >= 15 is 0 Å². The topological polar surface area (TPSA) is 79.7 Å². The van der Waals surface area contributed by atoms with Crippen LogP contribution < -0.4 is 5.32 Å². The second kappa shape index (κ2) is 9.33. The number of rotatable bonds is 6. The van der Waals surface area contributed by atoms with Crippen LogP contribution in [0, 0.1) is 5.92 Å². The van der Waals surface area contributed by atoms with E-state index in [1.165, 1.54) is 21.4 Å². The predicted molar refractivity (Wildman–Crippen MR) is 136 cm³/mol. The molecule has 0 spiro atoms. The van der Waals surface area contributed by atoms with Gasteiger partial charge in [-0.1, -0.05) is 24.3 Å². The van der Waals surface area contributed by atoms with Gasteiger partial charge in [0.15, 0.2) is 5.54 Å². The maximum Gasteiger partial charge on any atom is 0.325 e. The molecule has 3 saturated heterocycles. The highest BCUT2D eigenvalue weighted by Gasteiger charge is 2.58. The number of hydrogen-bond acceptors (Lipinski definition) is 5. The Balaban J connectivity index is 1.22. The molecular formula is C28H33N5O3. The van der Waals surface area contributed by atoms with Gasteiger partial charge in [-0.05, 0) is 68.5 Å². The van der Waals surface area contributed by atoms with E-state index in [2.05, 4.69) is 57.3 Å². The molecule has 188 valence electrons. The molecule has 2 aromatic heterocycles. The second-order valence-corrected chi connectivity index (χ2v) is 10.3. The number of amides is 3. The van der Waals surface area contributed by atoms with Crippen molar-refractivity contribution in [2.45, 2.75) is 43.9 Å². The van der Waals surface area contributed by atoms with Gasteiger partial charge in [-0.3, -0.25) is 19.6 Å². The van der Waals surface area contributed by atoms with Crippen molar-refractivity contribution in [3.8, 4) is 0 Å². The Morgan fingerprint density at radius 3 is 2.64 bits per heavy atom. The third kappa shape index (κ3) is 3.89. The lowest BCUT2D eigenvalue weighted by molar-refractivity contribution is -0.135. The Morgan fingerprint density at radius 1 is 1.08 bits per heavy atom. The number of aromatic nitrogens is 2. The molecule has 3 amide bonds. The Kier molecular flexibility index (Phi) is 6.01. The van der Waals surface area contributed by atoms with Gasteiger partial charge in [-0.15, -0.1) is 0 Å². The number of imide groups is 1. The first-order chi connectivity index (χ1) is 17.6. The summed E-state index contributed by atoms with van der Waals surface area (Å²) in [6, 6.07) is 13.8. The summed E-state index contributed by atoms with van der Waals surface area (Å²) in [6.07, 6.45) is 7.30. The number of benzene rings is 1. The van der Waals surface area contributed by atoms with Crippen LogP contribution in [0.1, 0.15) is 36.9 Å². The molecule has 0 bridgehead atoms. The summed E-state index contributed by atoms with van der Waals surface area (Å²) < 4.78 is 7.92. The Labute approximate surface area is 211 Å². The van der Waals surface area contributed by atoms with Crippen LogP contribution in [-0.2, 0) is 28.7 Å². The quantitative estimate of drug-likeness (QED) is 0.539. The molecule has 36 heavy (non-hydrogen) atoms. The van der Waals surface area contributed by atoms with Crippen LogP contribution in [0.3, 0.4) is 0 Å². The maximum atomic E-state index is 14.0. The van der Waals surface area contributed by atoms with Crippen molar-refractivity contribution in [3.05, 3.63) is 66.1 Å². The van der Waals surface area contributed by atoms with E-state index in [1.807, 2.05) is 18.2 Å². The average molecular weight is 488 g/mol. The number of nitrogens with zero attached hydrogens (tertiary/aromatic N) is 4. The lowest BCUT2D eigenvalue weighted by Crippen LogP contribution is -2.54. The number of carbonyl (C=O) groups is 2. The monoisotopic (exact) mass is 487 g/mol. The van der Waals surface area contributed by atoms with Gasteiger partial charge in [-0.2, -0.15) is 0 Å². The number of piperidine rings is 1. The van der Waals surface area contributed by atoms with Crippen LogP contribution >= 0.6 is 0 Å². The van der Waals surface area contributed by atoms with E-state index in [-0.39, 0.29) is 24.0 Å². The van der Waals surface area contributed by atoms with Crippen molar-refractivity contribution in [1.29, 1.82) is 0 Å². The van der Waals surface area contributed by atoms with Crippen LogP contribution in [0.4, 0.5) is 4.79 Å². The predicted octanol–water partition coefficient (Wildman–Crippen LogP) is 3.41. The van der Waals surface area contributed by atoms with Gasteiger partial charge in [0.2, 0.25) is 0 Å². The number of carbonyl (C=O) groups excluding carboxylic acids is 2. The summed E-state index contributed by atoms with van der Waals surface area (Å²) in [5.74, 6) is -0.212. The molecule has 8 heteroatoms. The van der Waals surface area contributed by atoms with E-state index < -0.39 is 5.54 Å². The number of para-hydroxylation sites is 1. The largest absolute Gasteiger partial charge is 0.376 e. The third-order valence-corrected chi connectivity index (χ3v) is 8.18. The lowest BCUT2D eigenvalue weighted by atomic mass is 9.75. The number of urea groups is 1.